The lowest BCUT2D eigenvalue weighted by atomic mass is 10.0. The largest absolute Gasteiger partial charge is 0.465 e. The van der Waals surface area contributed by atoms with Gasteiger partial charge in [0.05, 0.1) is 0 Å². The second-order valence-electron chi connectivity index (χ2n) is 2.97. The molecule has 0 radical (unpaired) electrons. The summed E-state index contributed by atoms with van der Waals surface area (Å²) in [6, 6.07) is 0.0908. The van der Waals surface area contributed by atoms with Gasteiger partial charge in [0.25, 0.3) is 0 Å². The Balaban J connectivity index is 2.13. The normalized spacial score (nSPS) is 29.8. The lowest BCUT2D eigenvalue weighted by Gasteiger charge is -2.25. The number of alkyl halides is 1. The van der Waals surface area contributed by atoms with Crippen molar-refractivity contribution in [1.82, 2.24) is 10.6 Å². The highest BCUT2D eigenvalue weighted by molar-refractivity contribution is 5.64. The zero-order valence-electron chi connectivity index (χ0n) is 6.72. The fourth-order valence-corrected chi connectivity index (χ4v) is 1.27. The first-order valence-corrected chi connectivity index (χ1v) is 4.02. The van der Waals surface area contributed by atoms with E-state index in [1.807, 2.05) is 0 Å². The van der Waals surface area contributed by atoms with Crippen LogP contribution in [0.2, 0.25) is 0 Å². The van der Waals surface area contributed by atoms with Crippen molar-refractivity contribution < 1.29 is 14.3 Å². The molecular weight excluding hydrogens is 163 g/mol. The molecular formula is C7H13FN2O2. The van der Waals surface area contributed by atoms with E-state index in [1.165, 1.54) is 0 Å². The van der Waals surface area contributed by atoms with Crippen molar-refractivity contribution in [3.63, 3.8) is 0 Å². The molecule has 0 aromatic carbocycles. The van der Waals surface area contributed by atoms with E-state index in [0.29, 0.717) is 25.9 Å². The maximum absolute atomic E-state index is 12.6. The summed E-state index contributed by atoms with van der Waals surface area (Å²) < 4.78 is 12.6. The molecule has 1 amide bonds. The van der Waals surface area contributed by atoms with Crippen LogP contribution in [0.25, 0.3) is 0 Å². The first kappa shape index (κ1) is 9.25. The van der Waals surface area contributed by atoms with E-state index in [4.69, 9.17) is 5.11 Å². The zero-order chi connectivity index (χ0) is 8.97. The number of rotatable bonds is 2. The van der Waals surface area contributed by atoms with E-state index in [1.54, 1.807) is 0 Å². The van der Waals surface area contributed by atoms with Gasteiger partial charge in [0.15, 0.2) is 0 Å². The molecule has 1 aliphatic heterocycles. The summed E-state index contributed by atoms with van der Waals surface area (Å²) in [5.74, 6) is 0. The molecule has 0 aliphatic carbocycles. The maximum Gasteiger partial charge on any atom is 0.404 e. The smallest absolute Gasteiger partial charge is 0.404 e. The highest BCUT2D eigenvalue weighted by atomic mass is 19.1. The molecule has 70 valence electrons. The molecule has 0 saturated carbocycles. The number of nitrogens with one attached hydrogen (secondary N) is 2. The summed E-state index contributed by atoms with van der Waals surface area (Å²) in [4.78, 5) is 10.1. The molecule has 1 fully saturated rings. The van der Waals surface area contributed by atoms with Crippen LogP contribution in [0.3, 0.4) is 0 Å². The van der Waals surface area contributed by atoms with Gasteiger partial charge in [0.1, 0.15) is 6.17 Å². The molecule has 3 N–H and O–H groups in total. The van der Waals surface area contributed by atoms with Crippen LogP contribution >= 0.6 is 0 Å². The minimum Gasteiger partial charge on any atom is -0.465 e. The van der Waals surface area contributed by atoms with E-state index in [2.05, 4.69) is 10.6 Å². The quantitative estimate of drug-likeness (QED) is 0.568. The third kappa shape index (κ3) is 3.04. The van der Waals surface area contributed by atoms with Crippen molar-refractivity contribution in [2.75, 3.05) is 13.1 Å². The summed E-state index contributed by atoms with van der Waals surface area (Å²) >= 11 is 0. The number of amides is 1. The molecule has 2 atom stereocenters. The minimum absolute atomic E-state index is 0.0908. The molecule has 1 aliphatic rings. The molecule has 5 heteroatoms. The van der Waals surface area contributed by atoms with Gasteiger partial charge in [-0.05, 0) is 12.8 Å². The fraction of sp³-hybridized carbons (Fsp3) is 0.857. The SMILES string of the molecule is O=C(O)NCC1CCC(F)CN1. The lowest BCUT2D eigenvalue weighted by molar-refractivity contribution is 0.188. The van der Waals surface area contributed by atoms with Crippen LogP contribution in [0.1, 0.15) is 12.8 Å². The Morgan fingerprint density at radius 1 is 1.67 bits per heavy atom. The Morgan fingerprint density at radius 3 is 2.92 bits per heavy atom. The topological polar surface area (TPSA) is 61.4 Å². The van der Waals surface area contributed by atoms with Gasteiger partial charge in [-0.2, -0.15) is 0 Å². The number of hydrogen-bond acceptors (Lipinski definition) is 2. The number of piperidine rings is 1. The molecule has 0 spiro atoms. The molecule has 0 bridgehead atoms. The van der Waals surface area contributed by atoms with Crippen LogP contribution in [0.4, 0.5) is 9.18 Å². The third-order valence-electron chi connectivity index (χ3n) is 1.96. The summed E-state index contributed by atoms with van der Waals surface area (Å²) in [6.45, 7) is 0.702. The summed E-state index contributed by atoms with van der Waals surface area (Å²) in [5.41, 5.74) is 0. The van der Waals surface area contributed by atoms with Gasteiger partial charge in [0, 0.05) is 19.1 Å². The molecule has 0 aromatic rings. The third-order valence-corrected chi connectivity index (χ3v) is 1.96. The van der Waals surface area contributed by atoms with Gasteiger partial charge >= 0.3 is 6.09 Å². The van der Waals surface area contributed by atoms with Crippen LogP contribution in [-0.4, -0.2) is 36.5 Å². The number of halogens is 1. The van der Waals surface area contributed by atoms with Crippen molar-refractivity contribution in [1.29, 1.82) is 0 Å². The van der Waals surface area contributed by atoms with Crippen molar-refractivity contribution in [2.24, 2.45) is 0 Å². The Labute approximate surface area is 70.1 Å². The number of hydrogen-bond donors (Lipinski definition) is 3. The highest BCUT2D eigenvalue weighted by Crippen LogP contribution is 2.09. The first-order chi connectivity index (χ1) is 5.68. The van der Waals surface area contributed by atoms with Crippen molar-refractivity contribution in [3.8, 4) is 0 Å². The van der Waals surface area contributed by atoms with E-state index in [-0.39, 0.29) is 6.04 Å². The maximum atomic E-state index is 12.6. The summed E-state index contributed by atoms with van der Waals surface area (Å²) in [7, 11) is 0. The second kappa shape index (κ2) is 4.25. The van der Waals surface area contributed by atoms with Crippen LogP contribution in [0.15, 0.2) is 0 Å². The highest BCUT2D eigenvalue weighted by Gasteiger charge is 2.19. The predicted molar refractivity (Wildman–Crippen MR) is 41.9 cm³/mol. The Bertz CT molecular complexity index is 157. The Morgan fingerprint density at radius 2 is 2.42 bits per heavy atom. The monoisotopic (exact) mass is 176 g/mol. The molecule has 1 saturated heterocycles. The Kier molecular flexibility index (Phi) is 3.28. The molecule has 2 unspecified atom stereocenters. The molecule has 0 aromatic heterocycles. The number of carbonyl (C=O) groups is 1. The number of carboxylic acid groups (broad SMARTS) is 1. The van der Waals surface area contributed by atoms with Crippen molar-refractivity contribution in [2.45, 2.75) is 25.1 Å². The second-order valence-corrected chi connectivity index (χ2v) is 2.97. The van der Waals surface area contributed by atoms with Gasteiger partial charge in [-0.1, -0.05) is 0 Å². The van der Waals surface area contributed by atoms with Crippen molar-refractivity contribution >= 4 is 6.09 Å². The van der Waals surface area contributed by atoms with Crippen LogP contribution in [0.5, 0.6) is 0 Å². The van der Waals surface area contributed by atoms with Gasteiger partial charge < -0.3 is 15.7 Å². The van der Waals surface area contributed by atoms with Crippen LogP contribution in [0, 0.1) is 0 Å². The average molecular weight is 176 g/mol. The van der Waals surface area contributed by atoms with Gasteiger partial charge in [-0.25, -0.2) is 9.18 Å². The molecule has 1 heterocycles. The standard InChI is InChI=1S/C7H13FN2O2/c8-5-1-2-6(9-3-5)4-10-7(11)12/h5-6,9-10H,1-4H2,(H,11,12). The fourth-order valence-electron chi connectivity index (χ4n) is 1.27. The predicted octanol–water partition coefficient (Wildman–Crippen LogP) is 0.344. The Hall–Kier alpha value is -0.840. The molecule has 4 nitrogen and oxygen atoms in total. The van der Waals surface area contributed by atoms with E-state index >= 15 is 0 Å². The van der Waals surface area contributed by atoms with E-state index < -0.39 is 12.3 Å². The summed E-state index contributed by atoms with van der Waals surface area (Å²) in [6.07, 6.45) is -0.578. The molecule has 12 heavy (non-hydrogen) atoms. The average Bonchev–Trinajstić information content (AvgIpc) is 2.03. The minimum atomic E-state index is -1.03. The van der Waals surface area contributed by atoms with Crippen molar-refractivity contribution in [3.05, 3.63) is 0 Å². The van der Waals surface area contributed by atoms with Gasteiger partial charge in [-0.3, -0.25) is 0 Å². The molecule has 1 rings (SSSR count). The zero-order valence-corrected chi connectivity index (χ0v) is 6.72. The lowest BCUT2D eigenvalue weighted by Crippen LogP contribution is -2.46. The van der Waals surface area contributed by atoms with E-state index in [9.17, 15) is 9.18 Å². The van der Waals surface area contributed by atoms with Crippen LogP contribution in [-0.2, 0) is 0 Å². The van der Waals surface area contributed by atoms with E-state index in [0.717, 1.165) is 0 Å². The van der Waals surface area contributed by atoms with Gasteiger partial charge in [-0.15, -0.1) is 0 Å². The summed E-state index contributed by atoms with van der Waals surface area (Å²) in [5, 5.41) is 13.5. The van der Waals surface area contributed by atoms with Gasteiger partial charge in [0.2, 0.25) is 0 Å². The van der Waals surface area contributed by atoms with Crippen LogP contribution < -0.4 is 10.6 Å². The first-order valence-electron chi connectivity index (χ1n) is 4.02.